The smallest absolute Gasteiger partial charge is 0.309 e. The molecule has 0 amide bonds. The summed E-state index contributed by atoms with van der Waals surface area (Å²) in [5.41, 5.74) is 1.99. The number of esters is 2. The monoisotopic (exact) mass is 440 g/mol. The lowest BCUT2D eigenvalue weighted by Crippen LogP contribution is -2.15. The quantitative estimate of drug-likeness (QED) is 0.664. The lowest BCUT2D eigenvalue weighted by Gasteiger charge is -2.09. The fraction of sp³-hybridized carbons (Fsp3) is 0.462. The molecule has 2 aliphatic carbocycles. The summed E-state index contributed by atoms with van der Waals surface area (Å²) in [5, 5.41) is 18.7. The van der Waals surface area contributed by atoms with E-state index in [-0.39, 0.29) is 36.0 Å². The molecular formula is C26H32O6. The summed E-state index contributed by atoms with van der Waals surface area (Å²) in [4.78, 5) is 23.3. The Labute approximate surface area is 189 Å². The second-order valence-corrected chi connectivity index (χ2v) is 8.51. The van der Waals surface area contributed by atoms with Gasteiger partial charge in [-0.05, 0) is 49.7 Å². The van der Waals surface area contributed by atoms with Gasteiger partial charge in [-0.2, -0.15) is 0 Å². The van der Waals surface area contributed by atoms with Crippen molar-refractivity contribution in [3.63, 3.8) is 0 Å². The number of carbonyl (C=O) groups is 2. The molecule has 2 N–H and O–H groups in total. The van der Waals surface area contributed by atoms with Gasteiger partial charge in [-0.25, -0.2) is 0 Å². The van der Waals surface area contributed by atoms with Crippen LogP contribution >= 0.6 is 0 Å². The van der Waals surface area contributed by atoms with Crippen LogP contribution in [0.2, 0.25) is 0 Å². The third-order valence-corrected chi connectivity index (χ3v) is 5.92. The molecular weight excluding hydrogens is 408 g/mol. The van der Waals surface area contributed by atoms with Crippen LogP contribution in [0.4, 0.5) is 0 Å². The minimum Gasteiger partial charge on any atom is -0.461 e. The van der Waals surface area contributed by atoms with Crippen molar-refractivity contribution in [2.45, 2.75) is 63.9 Å². The summed E-state index contributed by atoms with van der Waals surface area (Å²) in [5.74, 6) is -0.585. The highest BCUT2D eigenvalue weighted by Gasteiger charge is 2.30. The molecule has 0 aromatic heterocycles. The van der Waals surface area contributed by atoms with Crippen LogP contribution in [-0.2, 0) is 32.3 Å². The third-order valence-electron chi connectivity index (χ3n) is 5.92. The van der Waals surface area contributed by atoms with Crippen molar-refractivity contribution in [3.05, 3.63) is 71.8 Å². The molecule has 0 unspecified atom stereocenters. The Morgan fingerprint density at radius 1 is 0.656 bits per heavy atom. The van der Waals surface area contributed by atoms with Gasteiger partial charge in [-0.3, -0.25) is 9.59 Å². The zero-order valence-electron chi connectivity index (χ0n) is 18.3. The Bertz CT molecular complexity index is 766. The highest BCUT2D eigenvalue weighted by Crippen LogP contribution is 2.27. The van der Waals surface area contributed by atoms with Crippen LogP contribution in [0.1, 0.15) is 49.7 Å². The molecule has 0 saturated heterocycles. The van der Waals surface area contributed by atoms with Crippen molar-refractivity contribution >= 4 is 11.9 Å². The van der Waals surface area contributed by atoms with Gasteiger partial charge in [0.25, 0.3) is 0 Å². The normalized spacial score (nSPS) is 24.3. The summed E-state index contributed by atoms with van der Waals surface area (Å²) < 4.78 is 10.4. The Morgan fingerprint density at radius 3 is 1.34 bits per heavy atom. The van der Waals surface area contributed by atoms with E-state index in [0.29, 0.717) is 38.9 Å². The van der Waals surface area contributed by atoms with Gasteiger partial charge in [0.05, 0.1) is 24.0 Å². The molecule has 0 bridgehead atoms. The largest absolute Gasteiger partial charge is 0.461 e. The predicted octanol–water partition coefficient (Wildman–Crippen LogP) is 3.78. The lowest BCUT2D eigenvalue weighted by molar-refractivity contribution is -0.150. The van der Waals surface area contributed by atoms with Gasteiger partial charge in [0.15, 0.2) is 0 Å². The van der Waals surface area contributed by atoms with Crippen molar-refractivity contribution in [2.75, 3.05) is 0 Å². The topological polar surface area (TPSA) is 93.1 Å². The van der Waals surface area contributed by atoms with E-state index in [9.17, 15) is 19.8 Å². The SMILES string of the molecule is O=C(OCc1ccccc1)[C@@H]1CC[C@@H](O)C1.O=C(OCc1ccccc1)[C@H]1CC[C@H](O)C1. The highest BCUT2D eigenvalue weighted by molar-refractivity contribution is 5.73. The second kappa shape index (κ2) is 12.4. The fourth-order valence-electron chi connectivity index (χ4n) is 4.04. The summed E-state index contributed by atoms with van der Waals surface area (Å²) in [7, 11) is 0. The fourth-order valence-corrected chi connectivity index (χ4v) is 4.04. The minimum absolute atomic E-state index is 0.112. The zero-order valence-corrected chi connectivity index (χ0v) is 18.3. The highest BCUT2D eigenvalue weighted by atomic mass is 16.5. The van der Waals surface area contributed by atoms with E-state index >= 15 is 0 Å². The molecule has 4 rings (SSSR count). The van der Waals surface area contributed by atoms with Crippen LogP contribution in [-0.4, -0.2) is 34.4 Å². The number of aliphatic hydroxyl groups is 2. The lowest BCUT2D eigenvalue weighted by atomic mass is 10.1. The first-order chi connectivity index (χ1) is 15.5. The molecule has 2 aromatic carbocycles. The zero-order chi connectivity index (χ0) is 22.8. The van der Waals surface area contributed by atoms with E-state index in [0.717, 1.165) is 24.0 Å². The maximum absolute atomic E-state index is 11.6. The third kappa shape index (κ3) is 7.77. The van der Waals surface area contributed by atoms with Gasteiger partial charge in [0.2, 0.25) is 0 Å². The van der Waals surface area contributed by atoms with Crippen molar-refractivity contribution in [2.24, 2.45) is 11.8 Å². The van der Waals surface area contributed by atoms with Crippen LogP contribution in [0.5, 0.6) is 0 Å². The van der Waals surface area contributed by atoms with Crippen molar-refractivity contribution in [1.29, 1.82) is 0 Å². The van der Waals surface area contributed by atoms with Crippen molar-refractivity contribution in [1.82, 2.24) is 0 Å². The molecule has 0 spiro atoms. The molecule has 2 fully saturated rings. The Hall–Kier alpha value is -2.70. The molecule has 0 radical (unpaired) electrons. The first-order valence-corrected chi connectivity index (χ1v) is 11.3. The van der Waals surface area contributed by atoms with Gasteiger partial charge in [0.1, 0.15) is 13.2 Å². The molecule has 0 aliphatic heterocycles. The van der Waals surface area contributed by atoms with E-state index in [1.165, 1.54) is 0 Å². The van der Waals surface area contributed by atoms with E-state index in [4.69, 9.17) is 9.47 Å². The molecule has 32 heavy (non-hydrogen) atoms. The van der Waals surface area contributed by atoms with Gasteiger partial charge in [0, 0.05) is 0 Å². The molecule has 172 valence electrons. The Morgan fingerprint density at radius 2 is 1.03 bits per heavy atom. The van der Waals surface area contributed by atoms with Gasteiger partial charge < -0.3 is 19.7 Å². The van der Waals surface area contributed by atoms with E-state index in [1.807, 2.05) is 60.7 Å². The summed E-state index contributed by atoms with van der Waals surface area (Å²) in [6.07, 6.45) is 3.37. The van der Waals surface area contributed by atoms with Gasteiger partial charge in [-0.1, -0.05) is 60.7 Å². The van der Waals surface area contributed by atoms with Crippen molar-refractivity contribution < 1.29 is 29.3 Å². The molecule has 2 aliphatic rings. The van der Waals surface area contributed by atoms with Crippen LogP contribution in [0, 0.1) is 11.8 Å². The molecule has 2 saturated carbocycles. The molecule has 0 heterocycles. The summed E-state index contributed by atoms with van der Waals surface area (Å²) in [6.45, 7) is 0.651. The molecule has 2 aromatic rings. The van der Waals surface area contributed by atoms with Crippen molar-refractivity contribution in [3.8, 4) is 0 Å². The van der Waals surface area contributed by atoms with E-state index < -0.39 is 0 Å². The number of hydrogen-bond donors (Lipinski definition) is 2. The van der Waals surface area contributed by atoms with E-state index in [2.05, 4.69) is 0 Å². The summed E-state index contributed by atoms with van der Waals surface area (Å²) in [6, 6.07) is 19.2. The Kier molecular flexibility index (Phi) is 9.26. The standard InChI is InChI=1S/2C13H16O3/c2*14-12-7-6-11(8-12)13(15)16-9-10-4-2-1-3-5-10/h2*1-5,11-12,14H,6-9H2/t2*11-,12-/m10/s1. The van der Waals surface area contributed by atoms with Crippen LogP contribution < -0.4 is 0 Å². The molecule has 4 atom stereocenters. The average molecular weight is 441 g/mol. The van der Waals surface area contributed by atoms with Gasteiger partial charge in [-0.15, -0.1) is 0 Å². The van der Waals surface area contributed by atoms with Crippen LogP contribution in [0.15, 0.2) is 60.7 Å². The molecule has 6 nitrogen and oxygen atoms in total. The Balaban J connectivity index is 0.000000181. The summed E-state index contributed by atoms with van der Waals surface area (Å²) >= 11 is 0. The van der Waals surface area contributed by atoms with E-state index in [1.54, 1.807) is 0 Å². The number of benzene rings is 2. The van der Waals surface area contributed by atoms with Gasteiger partial charge >= 0.3 is 11.9 Å². The predicted molar refractivity (Wildman–Crippen MR) is 119 cm³/mol. The number of carbonyl (C=O) groups excluding carboxylic acids is 2. The average Bonchev–Trinajstić information content (AvgIpc) is 3.46. The maximum Gasteiger partial charge on any atom is 0.309 e. The number of aliphatic hydroxyl groups excluding tert-OH is 2. The molecule has 6 heteroatoms. The number of rotatable bonds is 6. The second-order valence-electron chi connectivity index (χ2n) is 8.51. The maximum atomic E-state index is 11.6. The van der Waals surface area contributed by atoms with Crippen LogP contribution in [0.25, 0.3) is 0 Å². The number of ether oxygens (including phenoxy) is 2. The minimum atomic E-state index is -0.325. The first-order valence-electron chi connectivity index (χ1n) is 11.3. The number of hydrogen-bond acceptors (Lipinski definition) is 6. The first kappa shape index (κ1) is 24.0. The van der Waals surface area contributed by atoms with Crippen LogP contribution in [0.3, 0.4) is 0 Å².